The Morgan fingerprint density at radius 2 is 1.60 bits per heavy atom. The van der Waals surface area contributed by atoms with Crippen molar-refractivity contribution in [3.8, 4) is 5.75 Å². The van der Waals surface area contributed by atoms with Crippen LogP contribution in [-0.2, 0) is 40.0 Å². The molecule has 0 fully saturated rings. The molecule has 0 saturated heterocycles. The number of hydrogen-bond donors (Lipinski definition) is 0. The van der Waals surface area contributed by atoms with Crippen LogP contribution in [0, 0.1) is 11.8 Å². The maximum Gasteiger partial charge on any atom is 0.337 e. The molecule has 0 radical (unpaired) electrons. The maximum atomic E-state index is 12.2. The molecule has 0 amide bonds. The largest absolute Gasteiger partial charge is 0.493 e. The minimum atomic E-state index is -0.266. The summed E-state index contributed by atoms with van der Waals surface area (Å²) in [5, 5.41) is 0. The lowest BCUT2D eigenvalue weighted by molar-refractivity contribution is -0.140. The number of aryl methyl sites for hydroxylation is 3. The molecule has 2 aliphatic rings. The second-order valence-corrected chi connectivity index (χ2v) is 13.0. The number of carbonyl (C=O) groups is 2. The van der Waals surface area contributed by atoms with Crippen molar-refractivity contribution in [2.24, 2.45) is 11.8 Å². The minimum absolute atomic E-state index is 0.118. The zero-order valence-electron chi connectivity index (χ0n) is 27.2. The van der Waals surface area contributed by atoms with E-state index in [0.29, 0.717) is 29.7 Å². The van der Waals surface area contributed by atoms with E-state index in [4.69, 9.17) is 14.2 Å². The van der Waals surface area contributed by atoms with Crippen LogP contribution in [0.4, 0.5) is 0 Å². The van der Waals surface area contributed by atoms with Crippen molar-refractivity contribution in [2.45, 2.75) is 95.8 Å². The lowest BCUT2D eigenvalue weighted by atomic mass is 9.72. The summed E-state index contributed by atoms with van der Waals surface area (Å²) in [5.41, 5.74) is 7.63. The Hall–Kier alpha value is -3.60. The third-order valence-corrected chi connectivity index (χ3v) is 10.1. The van der Waals surface area contributed by atoms with Gasteiger partial charge >= 0.3 is 11.9 Å². The predicted octanol–water partition coefficient (Wildman–Crippen LogP) is 8.84. The molecule has 0 aromatic heterocycles. The number of methoxy groups -OCH3 is 2. The third kappa shape index (κ3) is 8.99. The molecule has 3 aromatic carbocycles. The van der Waals surface area contributed by atoms with Crippen molar-refractivity contribution in [1.29, 1.82) is 0 Å². The molecule has 0 N–H and O–H groups in total. The Bertz CT molecular complexity index is 1410. The zero-order valence-corrected chi connectivity index (χ0v) is 27.2. The number of benzene rings is 3. The van der Waals surface area contributed by atoms with Gasteiger partial charge in [0.2, 0.25) is 0 Å². The van der Waals surface area contributed by atoms with E-state index in [1.165, 1.54) is 54.9 Å². The van der Waals surface area contributed by atoms with Crippen LogP contribution in [0.1, 0.15) is 108 Å². The van der Waals surface area contributed by atoms with Crippen molar-refractivity contribution < 1.29 is 23.8 Å². The van der Waals surface area contributed by atoms with Gasteiger partial charge in [0.1, 0.15) is 5.75 Å². The Kier molecular flexibility index (Phi) is 12.1. The molecule has 0 aliphatic heterocycles. The molecular weight excluding hydrogens is 560 g/mol. The van der Waals surface area contributed by atoms with Crippen LogP contribution in [-0.4, -0.2) is 32.8 Å². The summed E-state index contributed by atoms with van der Waals surface area (Å²) in [7, 11) is 2.91. The van der Waals surface area contributed by atoms with Crippen molar-refractivity contribution in [3.63, 3.8) is 0 Å². The van der Waals surface area contributed by atoms with E-state index in [-0.39, 0.29) is 11.9 Å². The highest BCUT2D eigenvalue weighted by molar-refractivity contribution is 5.89. The van der Waals surface area contributed by atoms with E-state index >= 15 is 0 Å². The van der Waals surface area contributed by atoms with E-state index in [2.05, 4.69) is 60.7 Å². The second kappa shape index (κ2) is 16.6. The van der Waals surface area contributed by atoms with Crippen molar-refractivity contribution in [1.82, 2.24) is 0 Å². The summed E-state index contributed by atoms with van der Waals surface area (Å²) < 4.78 is 16.4. The number of para-hydroxylation sites is 1. The Balaban J connectivity index is 1.24. The third-order valence-electron chi connectivity index (χ3n) is 10.1. The maximum absolute atomic E-state index is 12.2. The van der Waals surface area contributed by atoms with Crippen LogP contribution in [0.5, 0.6) is 5.75 Å². The molecule has 0 saturated carbocycles. The Morgan fingerprint density at radius 1 is 0.800 bits per heavy atom. The average molecular weight is 611 g/mol. The molecule has 3 atom stereocenters. The van der Waals surface area contributed by atoms with Crippen molar-refractivity contribution in [2.75, 3.05) is 20.8 Å². The standard InChI is InChI=1S/C40H50O5/c1-43-39(41)19-6-4-3-5-13-31(36-17-11-16-34-27-35(40(42)44-2)24-25-37(34)36)22-23-32-14-9-10-18-38(32)45-28-29-20-21-30-12-7-8-15-33(30)26-29/h7-10,12,14-15,18,24-25,27,29,31,36H,3-6,11,13,16-17,19-23,26,28H2,1-2H3. The van der Waals surface area contributed by atoms with Gasteiger partial charge < -0.3 is 14.2 Å². The first-order valence-corrected chi connectivity index (χ1v) is 17.1. The van der Waals surface area contributed by atoms with Gasteiger partial charge in [-0.15, -0.1) is 0 Å². The molecule has 3 unspecified atom stereocenters. The molecule has 0 bridgehead atoms. The second-order valence-electron chi connectivity index (χ2n) is 13.0. The molecule has 5 rings (SSSR count). The summed E-state index contributed by atoms with van der Waals surface area (Å²) >= 11 is 0. The monoisotopic (exact) mass is 610 g/mol. The van der Waals surface area contributed by atoms with Crippen LogP contribution in [0.15, 0.2) is 66.7 Å². The fourth-order valence-corrected chi connectivity index (χ4v) is 7.58. The fourth-order valence-electron chi connectivity index (χ4n) is 7.58. The zero-order chi connectivity index (χ0) is 31.4. The first kappa shape index (κ1) is 32.8. The molecule has 5 nitrogen and oxygen atoms in total. The molecular formula is C40H50O5. The quantitative estimate of drug-likeness (QED) is 0.127. The summed E-state index contributed by atoms with van der Waals surface area (Å²) in [6, 6.07) is 23.7. The van der Waals surface area contributed by atoms with Gasteiger partial charge in [-0.2, -0.15) is 0 Å². The van der Waals surface area contributed by atoms with E-state index in [1.54, 1.807) is 0 Å². The molecule has 0 heterocycles. The van der Waals surface area contributed by atoms with Gasteiger partial charge in [0, 0.05) is 6.42 Å². The van der Waals surface area contributed by atoms with Gasteiger partial charge in [0.05, 0.1) is 26.4 Å². The average Bonchev–Trinajstić information content (AvgIpc) is 3.09. The number of esters is 2. The number of ether oxygens (including phenoxy) is 3. The highest BCUT2D eigenvalue weighted by atomic mass is 16.5. The van der Waals surface area contributed by atoms with Crippen LogP contribution >= 0.6 is 0 Å². The molecule has 5 heteroatoms. The van der Waals surface area contributed by atoms with E-state index in [0.717, 1.165) is 83.0 Å². The van der Waals surface area contributed by atoms with Gasteiger partial charge in [0.15, 0.2) is 0 Å². The number of carbonyl (C=O) groups excluding carboxylic acids is 2. The molecule has 0 spiro atoms. The molecule has 2 aliphatic carbocycles. The first-order chi connectivity index (χ1) is 22.1. The minimum Gasteiger partial charge on any atom is -0.493 e. The van der Waals surface area contributed by atoms with Gasteiger partial charge in [-0.1, -0.05) is 67.8 Å². The van der Waals surface area contributed by atoms with E-state index in [9.17, 15) is 9.59 Å². The lowest BCUT2D eigenvalue weighted by Crippen LogP contribution is -2.21. The SMILES string of the molecule is COC(=O)CCCCCCC(CCc1ccccc1OCC1CCc2ccccc2C1)C1CCCc2cc(C(=O)OC)ccc21. The number of fused-ring (bicyclic) bond motifs is 2. The fraction of sp³-hybridized carbons (Fsp3) is 0.500. The van der Waals surface area contributed by atoms with E-state index in [1.807, 2.05) is 6.07 Å². The lowest BCUT2D eigenvalue weighted by Gasteiger charge is -2.33. The Morgan fingerprint density at radius 3 is 2.44 bits per heavy atom. The van der Waals surface area contributed by atoms with Crippen LogP contribution in [0.3, 0.4) is 0 Å². The number of rotatable bonds is 15. The summed E-state index contributed by atoms with van der Waals surface area (Å²) in [4.78, 5) is 23.8. The van der Waals surface area contributed by atoms with Crippen LogP contribution in [0.25, 0.3) is 0 Å². The van der Waals surface area contributed by atoms with Crippen molar-refractivity contribution in [3.05, 3.63) is 100 Å². The summed E-state index contributed by atoms with van der Waals surface area (Å²) in [5.74, 6) is 2.21. The topological polar surface area (TPSA) is 61.8 Å². The van der Waals surface area contributed by atoms with Gasteiger partial charge in [-0.25, -0.2) is 4.79 Å². The molecule has 45 heavy (non-hydrogen) atoms. The van der Waals surface area contributed by atoms with E-state index < -0.39 is 0 Å². The van der Waals surface area contributed by atoms with Crippen LogP contribution < -0.4 is 4.74 Å². The van der Waals surface area contributed by atoms with Gasteiger partial charge in [-0.05, 0) is 128 Å². The predicted molar refractivity (Wildman–Crippen MR) is 179 cm³/mol. The van der Waals surface area contributed by atoms with Crippen LogP contribution in [0.2, 0.25) is 0 Å². The number of hydrogen-bond acceptors (Lipinski definition) is 5. The number of unbranched alkanes of at least 4 members (excludes halogenated alkanes) is 3. The highest BCUT2D eigenvalue weighted by Crippen LogP contribution is 2.42. The Labute approximate surface area is 269 Å². The smallest absolute Gasteiger partial charge is 0.337 e. The molecule has 240 valence electrons. The van der Waals surface area contributed by atoms with Crippen molar-refractivity contribution >= 4 is 11.9 Å². The van der Waals surface area contributed by atoms with Gasteiger partial charge in [0.25, 0.3) is 0 Å². The summed E-state index contributed by atoms with van der Waals surface area (Å²) in [6.07, 6.45) is 14.7. The summed E-state index contributed by atoms with van der Waals surface area (Å²) in [6.45, 7) is 0.763. The highest BCUT2D eigenvalue weighted by Gasteiger charge is 2.29. The van der Waals surface area contributed by atoms with Gasteiger partial charge in [-0.3, -0.25) is 4.79 Å². The molecule has 3 aromatic rings. The normalized spacial score (nSPS) is 17.9. The first-order valence-electron chi connectivity index (χ1n) is 17.1.